The molecule has 16 heavy (non-hydrogen) atoms. The minimum atomic E-state index is 0.459. The highest BCUT2D eigenvalue weighted by Crippen LogP contribution is 2.31. The van der Waals surface area contributed by atoms with Crippen molar-refractivity contribution in [3.63, 3.8) is 0 Å². The van der Waals surface area contributed by atoms with Gasteiger partial charge in [-0.15, -0.1) is 0 Å². The predicted molar refractivity (Wildman–Crippen MR) is 71.0 cm³/mol. The number of hydrogen-bond donors (Lipinski definition) is 2. The lowest BCUT2D eigenvalue weighted by atomic mass is 9.90. The van der Waals surface area contributed by atoms with E-state index in [0.717, 1.165) is 18.4 Å². The van der Waals surface area contributed by atoms with Gasteiger partial charge in [-0.25, -0.2) is 0 Å². The molecule has 0 aliphatic carbocycles. The zero-order chi connectivity index (χ0) is 12.7. The van der Waals surface area contributed by atoms with Crippen molar-refractivity contribution in [2.75, 3.05) is 7.05 Å². The molecule has 1 rings (SSSR count). The summed E-state index contributed by atoms with van der Waals surface area (Å²) in [5.41, 5.74) is 8.26. The Morgan fingerprint density at radius 3 is 2.25 bits per heavy atom. The second-order valence-electron chi connectivity index (χ2n) is 4.20. The first kappa shape index (κ1) is 15.0. The van der Waals surface area contributed by atoms with E-state index >= 15 is 0 Å². The molecular weight excluding hydrogens is 198 g/mol. The molecule has 92 valence electrons. The third-order valence-electron chi connectivity index (χ3n) is 2.63. The average molecular weight is 223 g/mol. The molecule has 3 N–H and O–H groups in total. The van der Waals surface area contributed by atoms with Gasteiger partial charge in [-0.2, -0.15) is 0 Å². The van der Waals surface area contributed by atoms with Crippen LogP contribution in [0.3, 0.4) is 0 Å². The van der Waals surface area contributed by atoms with Gasteiger partial charge in [0.05, 0.1) is 0 Å². The van der Waals surface area contributed by atoms with Crippen molar-refractivity contribution in [2.45, 2.75) is 46.5 Å². The molecule has 0 aliphatic heterocycles. The Labute approximate surface area is 99.5 Å². The molecule has 0 saturated heterocycles. The highest BCUT2D eigenvalue weighted by atomic mass is 16.3. The lowest BCUT2D eigenvalue weighted by molar-refractivity contribution is 0.465. The van der Waals surface area contributed by atoms with Crippen LogP contribution in [0.5, 0.6) is 5.75 Å². The second kappa shape index (κ2) is 7.29. The van der Waals surface area contributed by atoms with E-state index in [0.29, 0.717) is 11.7 Å². The SMILES string of the molecule is CCCc1c(O)ccc(C)c1C(C)C.CN. The molecule has 0 bridgehead atoms. The van der Waals surface area contributed by atoms with Crippen molar-refractivity contribution in [3.05, 3.63) is 28.8 Å². The van der Waals surface area contributed by atoms with Crippen molar-refractivity contribution < 1.29 is 5.11 Å². The first-order valence-corrected chi connectivity index (χ1v) is 5.97. The fourth-order valence-electron chi connectivity index (χ4n) is 2.09. The Hall–Kier alpha value is -1.02. The Morgan fingerprint density at radius 1 is 1.25 bits per heavy atom. The van der Waals surface area contributed by atoms with Crippen molar-refractivity contribution in [1.82, 2.24) is 0 Å². The van der Waals surface area contributed by atoms with E-state index in [-0.39, 0.29) is 0 Å². The van der Waals surface area contributed by atoms with Crippen LogP contribution >= 0.6 is 0 Å². The fraction of sp³-hybridized carbons (Fsp3) is 0.571. The van der Waals surface area contributed by atoms with Gasteiger partial charge in [-0.3, -0.25) is 0 Å². The summed E-state index contributed by atoms with van der Waals surface area (Å²) in [5, 5.41) is 9.80. The first-order chi connectivity index (χ1) is 7.57. The van der Waals surface area contributed by atoms with E-state index in [1.165, 1.54) is 18.2 Å². The van der Waals surface area contributed by atoms with E-state index in [1.807, 2.05) is 12.1 Å². The molecule has 0 heterocycles. The van der Waals surface area contributed by atoms with Gasteiger partial charge in [0.15, 0.2) is 0 Å². The smallest absolute Gasteiger partial charge is 0.119 e. The lowest BCUT2D eigenvalue weighted by Crippen LogP contribution is -2.00. The van der Waals surface area contributed by atoms with Crippen LogP contribution in [0.15, 0.2) is 12.1 Å². The number of hydrogen-bond acceptors (Lipinski definition) is 2. The van der Waals surface area contributed by atoms with E-state index < -0.39 is 0 Å². The summed E-state index contributed by atoms with van der Waals surface area (Å²) in [6.07, 6.45) is 2.05. The zero-order valence-corrected chi connectivity index (χ0v) is 11.2. The fourth-order valence-corrected chi connectivity index (χ4v) is 2.09. The van der Waals surface area contributed by atoms with Crippen LogP contribution in [-0.4, -0.2) is 12.2 Å². The number of phenols is 1. The standard InChI is InChI=1S/C13H20O.CH5N/c1-5-6-11-12(14)8-7-10(4)13(11)9(2)3;1-2/h7-9,14H,5-6H2,1-4H3;2H2,1H3. The quantitative estimate of drug-likeness (QED) is 0.825. The number of aryl methyl sites for hydroxylation is 1. The monoisotopic (exact) mass is 223 g/mol. The number of rotatable bonds is 3. The van der Waals surface area contributed by atoms with Gasteiger partial charge in [-0.1, -0.05) is 33.3 Å². The number of aromatic hydroxyl groups is 1. The van der Waals surface area contributed by atoms with Crippen molar-refractivity contribution >= 4 is 0 Å². The molecule has 0 radical (unpaired) electrons. The summed E-state index contributed by atoms with van der Waals surface area (Å²) >= 11 is 0. The van der Waals surface area contributed by atoms with Gasteiger partial charge in [0, 0.05) is 0 Å². The zero-order valence-electron chi connectivity index (χ0n) is 11.2. The summed E-state index contributed by atoms with van der Waals surface area (Å²) in [6, 6.07) is 3.82. The largest absolute Gasteiger partial charge is 0.508 e. The van der Waals surface area contributed by atoms with Crippen LogP contribution in [0, 0.1) is 6.92 Å². The minimum absolute atomic E-state index is 0.459. The van der Waals surface area contributed by atoms with Crippen LogP contribution in [0.4, 0.5) is 0 Å². The molecular formula is C14H25NO. The molecule has 0 spiro atoms. The Balaban J connectivity index is 0.00000106. The first-order valence-electron chi connectivity index (χ1n) is 5.97. The average Bonchev–Trinajstić information content (AvgIpc) is 2.26. The third-order valence-corrected chi connectivity index (χ3v) is 2.63. The van der Waals surface area contributed by atoms with Crippen LogP contribution in [0.2, 0.25) is 0 Å². The Kier molecular flexibility index (Phi) is 6.82. The molecule has 0 saturated carbocycles. The van der Waals surface area contributed by atoms with E-state index in [2.05, 4.69) is 33.4 Å². The van der Waals surface area contributed by atoms with E-state index in [9.17, 15) is 5.11 Å². The van der Waals surface area contributed by atoms with Crippen LogP contribution in [-0.2, 0) is 6.42 Å². The van der Waals surface area contributed by atoms with Crippen LogP contribution < -0.4 is 5.73 Å². The van der Waals surface area contributed by atoms with Crippen molar-refractivity contribution in [1.29, 1.82) is 0 Å². The van der Waals surface area contributed by atoms with E-state index in [4.69, 9.17) is 0 Å². The summed E-state index contributed by atoms with van der Waals surface area (Å²) < 4.78 is 0. The molecule has 0 amide bonds. The van der Waals surface area contributed by atoms with Crippen LogP contribution in [0.25, 0.3) is 0 Å². The predicted octanol–water partition coefficient (Wildman–Crippen LogP) is 3.35. The van der Waals surface area contributed by atoms with Crippen molar-refractivity contribution in [3.8, 4) is 5.75 Å². The topological polar surface area (TPSA) is 46.2 Å². The number of phenolic OH excluding ortho intramolecular Hbond substituents is 1. The number of nitrogens with two attached hydrogens (primary N) is 1. The highest BCUT2D eigenvalue weighted by Gasteiger charge is 2.12. The van der Waals surface area contributed by atoms with Crippen molar-refractivity contribution in [2.24, 2.45) is 5.73 Å². The van der Waals surface area contributed by atoms with Gasteiger partial charge in [0.2, 0.25) is 0 Å². The molecule has 0 fully saturated rings. The molecule has 0 unspecified atom stereocenters. The minimum Gasteiger partial charge on any atom is -0.508 e. The molecule has 0 aromatic heterocycles. The Bertz CT molecular complexity index is 319. The summed E-state index contributed by atoms with van der Waals surface area (Å²) in [4.78, 5) is 0. The maximum Gasteiger partial charge on any atom is 0.119 e. The molecule has 0 aliphatic rings. The maximum atomic E-state index is 9.80. The van der Waals surface area contributed by atoms with E-state index in [1.54, 1.807) is 0 Å². The Morgan fingerprint density at radius 2 is 1.81 bits per heavy atom. The summed E-state index contributed by atoms with van der Waals surface area (Å²) in [6.45, 7) is 8.63. The van der Waals surface area contributed by atoms with Gasteiger partial charge >= 0.3 is 0 Å². The van der Waals surface area contributed by atoms with Gasteiger partial charge in [0.25, 0.3) is 0 Å². The highest BCUT2D eigenvalue weighted by molar-refractivity contribution is 5.45. The molecule has 1 aromatic carbocycles. The van der Waals surface area contributed by atoms with Crippen LogP contribution in [0.1, 0.15) is 49.8 Å². The second-order valence-corrected chi connectivity index (χ2v) is 4.20. The third kappa shape index (κ3) is 3.53. The van der Waals surface area contributed by atoms with Gasteiger partial charge in [-0.05, 0) is 49.1 Å². The molecule has 2 heteroatoms. The van der Waals surface area contributed by atoms with Gasteiger partial charge < -0.3 is 10.8 Å². The lowest BCUT2D eigenvalue weighted by Gasteiger charge is -2.16. The summed E-state index contributed by atoms with van der Waals surface area (Å²) in [7, 11) is 1.50. The molecule has 2 nitrogen and oxygen atoms in total. The summed E-state index contributed by atoms with van der Waals surface area (Å²) in [5.74, 6) is 0.949. The normalized spacial score (nSPS) is 9.94. The molecule has 1 aromatic rings. The maximum absolute atomic E-state index is 9.80. The van der Waals surface area contributed by atoms with Gasteiger partial charge in [0.1, 0.15) is 5.75 Å². The molecule has 0 atom stereocenters. The number of benzene rings is 1.